The standard InChI is InChI=1S/C19H21N5O2S2/c1-12(2)11-23-18(26)17-14(7-9-28-17)24-15(21-22-19(23)24)5-6-16(25)20-10-13-4-3-8-27-13/h3-4,7-9,12H,5-6,10-11H2,1-2H3,(H,20,25). The van der Waals surface area contributed by atoms with Crippen LogP contribution >= 0.6 is 22.7 Å². The molecule has 0 spiro atoms. The minimum Gasteiger partial charge on any atom is -0.351 e. The number of nitrogens with one attached hydrogen (secondary N) is 1. The molecule has 28 heavy (non-hydrogen) atoms. The number of amides is 1. The molecule has 1 amide bonds. The number of thiophene rings is 2. The van der Waals surface area contributed by atoms with Gasteiger partial charge in [-0.1, -0.05) is 19.9 Å². The normalized spacial score (nSPS) is 11.7. The SMILES string of the molecule is CC(C)Cn1c(=O)c2sccc2n2c(CCC(=O)NCc3cccs3)nnc12. The number of carbonyl (C=O) groups is 1. The highest BCUT2D eigenvalue weighted by Crippen LogP contribution is 2.20. The third-order valence-electron chi connectivity index (χ3n) is 4.44. The van der Waals surface area contributed by atoms with Crippen molar-refractivity contribution in [2.75, 3.05) is 0 Å². The lowest BCUT2D eigenvalue weighted by Crippen LogP contribution is -2.25. The zero-order valence-corrected chi connectivity index (χ0v) is 17.3. The van der Waals surface area contributed by atoms with Gasteiger partial charge in [0, 0.05) is 24.3 Å². The Bertz CT molecular complexity index is 1170. The number of rotatable bonds is 7. The van der Waals surface area contributed by atoms with Crippen molar-refractivity contribution in [3.63, 3.8) is 0 Å². The molecule has 0 aliphatic rings. The molecule has 1 N–H and O–H groups in total. The van der Waals surface area contributed by atoms with Crippen LogP contribution < -0.4 is 10.9 Å². The highest BCUT2D eigenvalue weighted by Gasteiger charge is 2.18. The number of fused-ring (bicyclic) bond motifs is 3. The molecule has 9 heteroatoms. The van der Waals surface area contributed by atoms with E-state index in [4.69, 9.17) is 0 Å². The van der Waals surface area contributed by atoms with Gasteiger partial charge in [0.2, 0.25) is 11.7 Å². The van der Waals surface area contributed by atoms with Gasteiger partial charge >= 0.3 is 0 Å². The smallest absolute Gasteiger partial charge is 0.272 e. The van der Waals surface area contributed by atoms with E-state index in [1.165, 1.54) is 11.3 Å². The summed E-state index contributed by atoms with van der Waals surface area (Å²) in [5.74, 6) is 1.52. The molecule has 0 saturated carbocycles. The first-order valence-corrected chi connectivity index (χ1v) is 10.9. The Kier molecular flexibility index (Phi) is 5.27. The van der Waals surface area contributed by atoms with Gasteiger partial charge in [-0.15, -0.1) is 32.9 Å². The summed E-state index contributed by atoms with van der Waals surface area (Å²) in [5, 5.41) is 15.4. The van der Waals surface area contributed by atoms with E-state index in [0.29, 0.717) is 48.2 Å². The lowest BCUT2D eigenvalue weighted by Gasteiger charge is -2.11. The molecule has 146 valence electrons. The van der Waals surface area contributed by atoms with Crippen LogP contribution in [0.15, 0.2) is 33.8 Å². The molecule has 4 heterocycles. The van der Waals surface area contributed by atoms with Gasteiger partial charge in [-0.05, 0) is 28.8 Å². The quantitative estimate of drug-likeness (QED) is 0.503. The van der Waals surface area contributed by atoms with E-state index < -0.39 is 0 Å². The average molecular weight is 416 g/mol. The van der Waals surface area contributed by atoms with Crippen molar-refractivity contribution in [1.29, 1.82) is 0 Å². The van der Waals surface area contributed by atoms with Gasteiger partial charge in [0.25, 0.3) is 5.56 Å². The molecule has 0 aromatic carbocycles. The summed E-state index contributed by atoms with van der Waals surface area (Å²) in [6, 6.07) is 5.88. The largest absolute Gasteiger partial charge is 0.351 e. The summed E-state index contributed by atoms with van der Waals surface area (Å²) in [4.78, 5) is 26.2. The number of hydrogen-bond acceptors (Lipinski definition) is 6. The lowest BCUT2D eigenvalue weighted by atomic mass is 10.2. The Morgan fingerprint density at radius 1 is 1.21 bits per heavy atom. The zero-order valence-electron chi connectivity index (χ0n) is 15.7. The summed E-state index contributed by atoms with van der Waals surface area (Å²) in [5.41, 5.74) is 0.780. The van der Waals surface area contributed by atoms with E-state index in [-0.39, 0.29) is 11.5 Å². The summed E-state index contributed by atoms with van der Waals surface area (Å²) in [6.45, 7) is 5.25. The van der Waals surface area contributed by atoms with Gasteiger partial charge in [-0.3, -0.25) is 18.6 Å². The molecular weight excluding hydrogens is 394 g/mol. The van der Waals surface area contributed by atoms with E-state index in [1.54, 1.807) is 15.9 Å². The topological polar surface area (TPSA) is 81.3 Å². The van der Waals surface area contributed by atoms with E-state index in [9.17, 15) is 9.59 Å². The molecule has 0 aliphatic heterocycles. The molecule has 0 saturated heterocycles. The number of aryl methyl sites for hydroxylation is 1. The van der Waals surface area contributed by atoms with Crippen molar-refractivity contribution < 1.29 is 4.79 Å². The van der Waals surface area contributed by atoms with Crippen LogP contribution in [0.4, 0.5) is 0 Å². The Morgan fingerprint density at radius 2 is 2.07 bits per heavy atom. The first kappa shape index (κ1) is 18.8. The molecule has 0 fully saturated rings. The van der Waals surface area contributed by atoms with Gasteiger partial charge in [-0.25, -0.2) is 0 Å². The maximum atomic E-state index is 12.8. The first-order valence-electron chi connectivity index (χ1n) is 9.17. The van der Waals surface area contributed by atoms with Gasteiger partial charge in [0.1, 0.15) is 10.5 Å². The molecule has 0 atom stereocenters. The summed E-state index contributed by atoms with van der Waals surface area (Å²) in [6.07, 6.45) is 0.781. The Morgan fingerprint density at radius 3 is 2.82 bits per heavy atom. The lowest BCUT2D eigenvalue weighted by molar-refractivity contribution is -0.121. The number of hydrogen-bond donors (Lipinski definition) is 1. The Labute approximate surface area is 169 Å². The van der Waals surface area contributed by atoms with E-state index in [0.717, 1.165) is 10.4 Å². The fourth-order valence-corrected chi connectivity index (χ4v) is 4.65. The van der Waals surface area contributed by atoms with Crippen molar-refractivity contribution in [3.05, 3.63) is 50.0 Å². The predicted molar refractivity (Wildman–Crippen MR) is 112 cm³/mol. The van der Waals surface area contributed by atoms with Crippen LogP contribution in [0, 0.1) is 5.92 Å². The summed E-state index contributed by atoms with van der Waals surface area (Å²) >= 11 is 3.05. The molecular formula is C19H21N5O2S2. The van der Waals surface area contributed by atoms with Crippen LogP contribution in [0.5, 0.6) is 0 Å². The summed E-state index contributed by atoms with van der Waals surface area (Å²) < 4.78 is 4.30. The number of carbonyl (C=O) groups excluding carboxylic acids is 1. The minimum absolute atomic E-state index is 0.0257. The van der Waals surface area contributed by atoms with Crippen LogP contribution in [0.25, 0.3) is 16.0 Å². The van der Waals surface area contributed by atoms with Crippen LogP contribution in [0.3, 0.4) is 0 Å². The molecule has 0 unspecified atom stereocenters. The van der Waals surface area contributed by atoms with Crippen molar-refractivity contribution in [1.82, 2.24) is 24.5 Å². The van der Waals surface area contributed by atoms with Crippen molar-refractivity contribution in [3.8, 4) is 0 Å². The van der Waals surface area contributed by atoms with Gasteiger partial charge in [0.15, 0.2) is 0 Å². The van der Waals surface area contributed by atoms with Crippen LogP contribution in [0.2, 0.25) is 0 Å². The third-order valence-corrected chi connectivity index (χ3v) is 6.21. The highest BCUT2D eigenvalue weighted by atomic mass is 32.1. The van der Waals surface area contributed by atoms with E-state index >= 15 is 0 Å². The van der Waals surface area contributed by atoms with Crippen molar-refractivity contribution in [2.45, 2.75) is 39.8 Å². The second kappa shape index (κ2) is 7.84. The number of nitrogens with zero attached hydrogens (tertiary/aromatic N) is 4. The average Bonchev–Trinajstić information content (AvgIpc) is 3.41. The fraction of sp³-hybridized carbons (Fsp3) is 0.368. The molecule has 0 radical (unpaired) electrons. The number of aromatic nitrogens is 4. The summed E-state index contributed by atoms with van der Waals surface area (Å²) in [7, 11) is 0. The maximum Gasteiger partial charge on any atom is 0.272 e. The van der Waals surface area contributed by atoms with Crippen LogP contribution in [0.1, 0.15) is 31.0 Å². The van der Waals surface area contributed by atoms with E-state index in [1.807, 2.05) is 33.4 Å². The molecule has 4 aromatic rings. The zero-order chi connectivity index (χ0) is 19.7. The molecule has 0 bridgehead atoms. The molecule has 4 aromatic heterocycles. The Balaban J connectivity index is 1.60. The third kappa shape index (κ3) is 3.59. The second-order valence-corrected chi connectivity index (χ2v) is 9.00. The monoisotopic (exact) mass is 415 g/mol. The predicted octanol–water partition coefficient (Wildman–Crippen LogP) is 3.07. The van der Waals surface area contributed by atoms with Gasteiger partial charge < -0.3 is 5.32 Å². The van der Waals surface area contributed by atoms with Crippen molar-refractivity contribution in [2.24, 2.45) is 5.92 Å². The fourth-order valence-electron chi connectivity index (χ4n) is 3.18. The first-order chi connectivity index (χ1) is 13.5. The van der Waals surface area contributed by atoms with Gasteiger partial charge in [-0.2, -0.15) is 0 Å². The van der Waals surface area contributed by atoms with Crippen molar-refractivity contribution >= 4 is 44.6 Å². The van der Waals surface area contributed by atoms with Crippen LogP contribution in [-0.2, 0) is 24.3 Å². The maximum absolute atomic E-state index is 12.8. The molecule has 0 aliphatic carbocycles. The second-order valence-electron chi connectivity index (χ2n) is 7.05. The van der Waals surface area contributed by atoms with E-state index in [2.05, 4.69) is 29.4 Å². The van der Waals surface area contributed by atoms with Gasteiger partial charge in [0.05, 0.1) is 12.1 Å². The molecule has 7 nitrogen and oxygen atoms in total. The highest BCUT2D eigenvalue weighted by molar-refractivity contribution is 7.17. The Hall–Kier alpha value is -2.52. The molecule has 4 rings (SSSR count). The minimum atomic E-state index is -0.0289. The van der Waals surface area contributed by atoms with Crippen LogP contribution in [-0.4, -0.2) is 25.1 Å².